The molecule has 2 fully saturated rings. The van der Waals surface area contributed by atoms with Gasteiger partial charge in [0, 0.05) is 51.4 Å². The molecule has 4 nitrogen and oxygen atoms in total. The van der Waals surface area contributed by atoms with E-state index in [1.54, 1.807) is 11.8 Å². The largest absolute Gasteiger partial charge is 0.381 e. The first-order valence-corrected chi connectivity index (χ1v) is 7.93. The van der Waals surface area contributed by atoms with Crippen LogP contribution >= 0.6 is 0 Å². The Morgan fingerprint density at radius 2 is 2.10 bits per heavy atom. The highest BCUT2D eigenvalue weighted by molar-refractivity contribution is 5.73. The number of likely N-dealkylation sites (tertiary alicyclic amines) is 1. The molecule has 1 atom stereocenters. The lowest BCUT2D eigenvalue weighted by Crippen LogP contribution is -2.28. The van der Waals surface area contributed by atoms with E-state index in [2.05, 4.69) is 28.4 Å². The molecule has 1 N–H and O–H groups in total. The zero-order chi connectivity index (χ0) is 14.8. The molecule has 1 aromatic carbocycles. The molecule has 1 saturated carbocycles. The van der Waals surface area contributed by atoms with Crippen molar-refractivity contribution in [3.8, 4) is 0 Å². The van der Waals surface area contributed by atoms with Gasteiger partial charge < -0.3 is 10.2 Å². The fraction of sp³-hybridized carbons (Fsp3) is 0.588. The van der Waals surface area contributed by atoms with Crippen molar-refractivity contribution in [1.82, 2.24) is 9.80 Å². The van der Waals surface area contributed by atoms with E-state index >= 15 is 0 Å². The van der Waals surface area contributed by atoms with Gasteiger partial charge in [-0.1, -0.05) is 18.2 Å². The van der Waals surface area contributed by atoms with Crippen LogP contribution in [-0.4, -0.2) is 47.9 Å². The second-order valence-corrected chi connectivity index (χ2v) is 6.39. The molecule has 1 aliphatic heterocycles. The summed E-state index contributed by atoms with van der Waals surface area (Å²) < 4.78 is 0. The first kappa shape index (κ1) is 14.4. The Hall–Kier alpha value is -1.55. The molecule has 0 aromatic heterocycles. The van der Waals surface area contributed by atoms with Crippen LogP contribution in [0, 0.1) is 0 Å². The Kier molecular flexibility index (Phi) is 4.15. The minimum Gasteiger partial charge on any atom is -0.381 e. The number of hydrogen-bond acceptors (Lipinski definition) is 3. The topological polar surface area (TPSA) is 35.6 Å². The summed E-state index contributed by atoms with van der Waals surface area (Å²) in [4.78, 5) is 15.8. The van der Waals surface area contributed by atoms with E-state index in [1.165, 1.54) is 37.1 Å². The Morgan fingerprint density at radius 3 is 2.81 bits per heavy atom. The van der Waals surface area contributed by atoms with Crippen molar-refractivity contribution >= 4 is 11.6 Å². The number of anilines is 1. The summed E-state index contributed by atoms with van der Waals surface area (Å²) in [6.07, 6.45) is 3.98. The molecule has 3 rings (SSSR count). The number of carbonyl (C=O) groups is 1. The zero-order valence-electron chi connectivity index (χ0n) is 13.0. The predicted molar refractivity (Wildman–Crippen MR) is 85.2 cm³/mol. The highest BCUT2D eigenvalue weighted by atomic mass is 16.2. The Bertz CT molecular complexity index is 513. The lowest BCUT2D eigenvalue weighted by atomic mass is 10.1. The predicted octanol–water partition coefficient (Wildman–Crippen LogP) is 2.31. The average Bonchev–Trinajstić information content (AvgIpc) is 3.21. The molecule has 1 aliphatic carbocycles. The molecule has 1 saturated heterocycles. The van der Waals surface area contributed by atoms with Crippen LogP contribution in [0.1, 0.15) is 31.7 Å². The standard InChI is InChI=1S/C17H25N3O/c1-13(21)19(2)11-14-5-3-4-6-17(14)18-15-9-10-20(12-15)16-7-8-16/h3-6,15-16,18H,7-12H2,1-2H3. The molecule has 0 radical (unpaired) electrons. The Morgan fingerprint density at radius 1 is 1.33 bits per heavy atom. The lowest BCUT2D eigenvalue weighted by molar-refractivity contribution is -0.128. The smallest absolute Gasteiger partial charge is 0.219 e. The average molecular weight is 287 g/mol. The van der Waals surface area contributed by atoms with Crippen molar-refractivity contribution in [2.24, 2.45) is 0 Å². The van der Waals surface area contributed by atoms with Gasteiger partial charge in [-0.3, -0.25) is 9.69 Å². The molecular formula is C17H25N3O. The van der Waals surface area contributed by atoms with Crippen molar-refractivity contribution in [2.45, 2.75) is 44.8 Å². The molecule has 2 aliphatic rings. The Labute approximate surface area is 127 Å². The zero-order valence-corrected chi connectivity index (χ0v) is 13.0. The fourth-order valence-corrected chi connectivity index (χ4v) is 3.06. The van der Waals surface area contributed by atoms with Crippen LogP contribution in [0.4, 0.5) is 5.69 Å². The number of benzene rings is 1. The van der Waals surface area contributed by atoms with Gasteiger partial charge in [0.25, 0.3) is 0 Å². The van der Waals surface area contributed by atoms with Crippen molar-refractivity contribution in [2.75, 3.05) is 25.5 Å². The summed E-state index contributed by atoms with van der Waals surface area (Å²) in [5.41, 5.74) is 2.37. The van der Waals surface area contributed by atoms with Crippen LogP contribution in [0.2, 0.25) is 0 Å². The molecule has 1 amide bonds. The molecule has 0 spiro atoms. The number of hydrogen-bond donors (Lipinski definition) is 1. The third-order valence-electron chi connectivity index (χ3n) is 4.61. The van der Waals surface area contributed by atoms with E-state index in [4.69, 9.17) is 0 Å². The highest BCUT2D eigenvalue weighted by Gasteiger charge is 2.34. The third-order valence-corrected chi connectivity index (χ3v) is 4.61. The molecular weight excluding hydrogens is 262 g/mol. The maximum absolute atomic E-state index is 11.4. The fourth-order valence-electron chi connectivity index (χ4n) is 3.06. The number of nitrogens with one attached hydrogen (secondary N) is 1. The molecule has 1 unspecified atom stereocenters. The number of para-hydroxylation sites is 1. The Balaban J connectivity index is 1.63. The summed E-state index contributed by atoms with van der Waals surface area (Å²) in [7, 11) is 1.85. The first-order valence-electron chi connectivity index (χ1n) is 7.93. The maximum Gasteiger partial charge on any atom is 0.219 e. The van der Waals surface area contributed by atoms with E-state index in [0.717, 1.165) is 12.6 Å². The first-order chi connectivity index (χ1) is 10.1. The third kappa shape index (κ3) is 3.56. The van der Waals surface area contributed by atoms with Crippen molar-refractivity contribution in [3.63, 3.8) is 0 Å². The van der Waals surface area contributed by atoms with E-state index < -0.39 is 0 Å². The van der Waals surface area contributed by atoms with Gasteiger partial charge >= 0.3 is 0 Å². The van der Waals surface area contributed by atoms with Gasteiger partial charge in [0.05, 0.1) is 0 Å². The van der Waals surface area contributed by atoms with Crippen molar-refractivity contribution in [1.29, 1.82) is 0 Å². The normalized spacial score (nSPS) is 22.3. The summed E-state index contributed by atoms with van der Waals surface area (Å²) in [6.45, 7) is 4.65. The van der Waals surface area contributed by atoms with E-state index in [0.29, 0.717) is 12.6 Å². The van der Waals surface area contributed by atoms with E-state index in [-0.39, 0.29) is 5.91 Å². The summed E-state index contributed by atoms with van der Waals surface area (Å²) in [5.74, 6) is 0.102. The second-order valence-electron chi connectivity index (χ2n) is 6.39. The van der Waals surface area contributed by atoms with Crippen LogP contribution in [-0.2, 0) is 11.3 Å². The summed E-state index contributed by atoms with van der Waals surface area (Å²) in [5, 5.41) is 3.69. The molecule has 21 heavy (non-hydrogen) atoms. The van der Waals surface area contributed by atoms with Gasteiger partial charge in [-0.05, 0) is 30.9 Å². The number of rotatable bonds is 5. The second kappa shape index (κ2) is 6.06. The van der Waals surface area contributed by atoms with Crippen LogP contribution in [0.25, 0.3) is 0 Å². The van der Waals surface area contributed by atoms with Gasteiger partial charge in [0.2, 0.25) is 5.91 Å². The monoisotopic (exact) mass is 287 g/mol. The molecule has 4 heteroatoms. The van der Waals surface area contributed by atoms with Gasteiger partial charge in [0.1, 0.15) is 0 Å². The van der Waals surface area contributed by atoms with Crippen LogP contribution in [0.5, 0.6) is 0 Å². The van der Waals surface area contributed by atoms with Crippen LogP contribution < -0.4 is 5.32 Å². The number of carbonyl (C=O) groups excluding carboxylic acids is 1. The minimum absolute atomic E-state index is 0.102. The number of amides is 1. The van der Waals surface area contributed by atoms with E-state index in [9.17, 15) is 4.79 Å². The summed E-state index contributed by atoms with van der Waals surface area (Å²) >= 11 is 0. The minimum atomic E-state index is 0.102. The molecule has 1 heterocycles. The highest BCUT2D eigenvalue weighted by Crippen LogP contribution is 2.31. The number of nitrogens with zero attached hydrogens (tertiary/aromatic N) is 2. The molecule has 114 valence electrons. The van der Waals surface area contributed by atoms with Crippen LogP contribution in [0.3, 0.4) is 0 Å². The maximum atomic E-state index is 11.4. The SMILES string of the molecule is CC(=O)N(C)Cc1ccccc1NC1CCN(C2CC2)C1. The molecule has 1 aromatic rings. The van der Waals surface area contributed by atoms with Gasteiger partial charge in [0.15, 0.2) is 0 Å². The van der Waals surface area contributed by atoms with Crippen molar-refractivity contribution < 1.29 is 4.79 Å². The van der Waals surface area contributed by atoms with Crippen molar-refractivity contribution in [3.05, 3.63) is 29.8 Å². The van der Waals surface area contributed by atoms with Gasteiger partial charge in [-0.15, -0.1) is 0 Å². The van der Waals surface area contributed by atoms with Gasteiger partial charge in [-0.2, -0.15) is 0 Å². The van der Waals surface area contributed by atoms with Crippen LogP contribution in [0.15, 0.2) is 24.3 Å². The van der Waals surface area contributed by atoms with Gasteiger partial charge in [-0.25, -0.2) is 0 Å². The quantitative estimate of drug-likeness (QED) is 0.902. The molecule has 0 bridgehead atoms. The summed E-state index contributed by atoms with van der Waals surface area (Å²) in [6, 6.07) is 9.73. The van der Waals surface area contributed by atoms with E-state index in [1.807, 2.05) is 13.1 Å². The lowest BCUT2D eigenvalue weighted by Gasteiger charge is -2.21.